The van der Waals surface area contributed by atoms with Crippen molar-refractivity contribution in [1.29, 1.82) is 0 Å². The molecule has 1 amide bonds. The van der Waals surface area contributed by atoms with Crippen molar-refractivity contribution in [2.75, 3.05) is 23.9 Å². The molecule has 0 aliphatic carbocycles. The third-order valence-corrected chi connectivity index (χ3v) is 4.87. The van der Waals surface area contributed by atoms with E-state index in [1.54, 1.807) is 11.1 Å². The van der Waals surface area contributed by atoms with Crippen LogP contribution >= 0.6 is 0 Å². The van der Waals surface area contributed by atoms with Crippen LogP contribution in [0.15, 0.2) is 36.5 Å². The zero-order valence-corrected chi connectivity index (χ0v) is 15.0. The van der Waals surface area contributed by atoms with E-state index in [4.69, 9.17) is 0 Å². The summed E-state index contributed by atoms with van der Waals surface area (Å²) in [5.74, 6) is 1.23. The fourth-order valence-electron chi connectivity index (χ4n) is 3.18. The lowest BCUT2D eigenvalue weighted by Gasteiger charge is -2.26. The molecule has 1 aliphatic heterocycles. The van der Waals surface area contributed by atoms with Crippen LogP contribution in [0.25, 0.3) is 11.1 Å². The number of benzene rings is 1. The predicted octanol–water partition coefficient (Wildman–Crippen LogP) is 3.09. The van der Waals surface area contributed by atoms with Crippen molar-refractivity contribution in [2.24, 2.45) is 5.92 Å². The number of hydrogen-bond acceptors (Lipinski definition) is 4. The molecule has 1 aliphatic rings. The number of fused-ring (bicyclic) bond motifs is 1. The molecule has 132 valence electrons. The molecule has 0 saturated carbocycles. The summed E-state index contributed by atoms with van der Waals surface area (Å²) >= 11 is 0. The second-order valence-electron chi connectivity index (χ2n) is 6.87. The van der Waals surface area contributed by atoms with Gasteiger partial charge in [0, 0.05) is 30.9 Å². The van der Waals surface area contributed by atoms with Crippen LogP contribution in [0.3, 0.4) is 0 Å². The van der Waals surface area contributed by atoms with Gasteiger partial charge in [-0.1, -0.05) is 19.9 Å². The predicted molar refractivity (Wildman–Crippen MR) is 101 cm³/mol. The molecule has 1 atom stereocenters. The van der Waals surface area contributed by atoms with Crippen molar-refractivity contribution in [1.82, 2.24) is 4.98 Å². The Morgan fingerprint density at radius 1 is 1.28 bits per heavy atom. The molecule has 1 aromatic carbocycles. The summed E-state index contributed by atoms with van der Waals surface area (Å²) < 4.78 is 0. The Morgan fingerprint density at radius 3 is 2.80 bits per heavy atom. The zero-order valence-electron chi connectivity index (χ0n) is 15.0. The number of pyridine rings is 1. The van der Waals surface area contributed by atoms with Gasteiger partial charge in [-0.3, -0.25) is 4.79 Å². The van der Waals surface area contributed by atoms with Crippen molar-refractivity contribution in [3.63, 3.8) is 0 Å². The summed E-state index contributed by atoms with van der Waals surface area (Å²) in [6, 6.07) is 10.1. The van der Waals surface area contributed by atoms with Gasteiger partial charge in [0.1, 0.15) is 5.82 Å². The number of nitrogens with one attached hydrogen (secondary N) is 1. The van der Waals surface area contributed by atoms with Gasteiger partial charge in [0.05, 0.1) is 12.6 Å². The summed E-state index contributed by atoms with van der Waals surface area (Å²) in [6.45, 7) is 4.20. The summed E-state index contributed by atoms with van der Waals surface area (Å²) in [5.41, 5.74) is 4.23. The molecule has 0 unspecified atom stereocenters. The first-order valence-corrected chi connectivity index (χ1v) is 8.73. The number of amides is 1. The van der Waals surface area contributed by atoms with Crippen LogP contribution in [0.1, 0.15) is 25.8 Å². The number of carbonyl (C=O) groups excluding carboxylic acids is 1. The average molecular weight is 339 g/mol. The lowest BCUT2D eigenvalue weighted by molar-refractivity contribution is -0.118. The van der Waals surface area contributed by atoms with Crippen molar-refractivity contribution in [2.45, 2.75) is 32.7 Å². The number of anilines is 2. The van der Waals surface area contributed by atoms with E-state index in [9.17, 15) is 9.90 Å². The van der Waals surface area contributed by atoms with E-state index >= 15 is 0 Å². The monoisotopic (exact) mass is 339 g/mol. The summed E-state index contributed by atoms with van der Waals surface area (Å²) in [5, 5.41) is 13.0. The van der Waals surface area contributed by atoms with Gasteiger partial charge in [0.25, 0.3) is 0 Å². The normalized spacial score (nSPS) is 15.2. The van der Waals surface area contributed by atoms with Crippen LogP contribution in [0.2, 0.25) is 0 Å². The molecular formula is C20H25N3O2. The SMILES string of the molecule is CC(C)[C@H](CO)Nc1ncccc1-c1ccc2c(c1)CCC(=O)N2C. The fourth-order valence-corrected chi connectivity index (χ4v) is 3.18. The average Bonchev–Trinajstić information content (AvgIpc) is 2.62. The summed E-state index contributed by atoms with van der Waals surface area (Å²) in [7, 11) is 1.82. The Kier molecular flexibility index (Phi) is 5.04. The minimum absolute atomic E-state index is 0.0463. The molecule has 2 heterocycles. The minimum atomic E-state index is -0.0463. The first-order valence-electron chi connectivity index (χ1n) is 8.73. The highest BCUT2D eigenvalue weighted by Gasteiger charge is 2.22. The Bertz CT molecular complexity index is 773. The maximum Gasteiger partial charge on any atom is 0.227 e. The first-order chi connectivity index (χ1) is 12.0. The fraction of sp³-hybridized carbons (Fsp3) is 0.400. The Morgan fingerprint density at radius 2 is 2.08 bits per heavy atom. The van der Waals surface area contributed by atoms with E-state index in [0.29, 0.717) is 12.3 Å². The van der Waals surface area contributed by atoms with Gasteiger partial charge in [-0.05, 0) is 47.7 Å². The summed E-state index contributed by atoms with van der Waals surface area (Å²) in [6.07, 6.45) is 3.07. The molecule has 5 nitrogen and oxygen atoms in total. The quantitative estimate of drug-likeness (QED) is 0.878. The maximum atomic E-state index is 11.9. The van der Waals surface area contributed by atoms with Crippen molar-refractivity contribution >= 4 is 17.4 Å². The number of carbonyl (C=O) groups is 1. The highest BCUT2D eigenvalue weighted by Crippen LogP contribution is 2.33. The molecule has 0 fully saturated rings. The van der Waals surface area contributed by atoms with E-state index in [1.807, 2.05) is 31.3 Å². The standard InChI is InChI=1S/C20H25N3O2/c1-13(2)17(12-24)22-20-16(5-4-10-21-20)14-6-8-18-15(11-14)7-9-19(25)23(18)3/h4-6,8,10-11,13,17,24H,7,9,12H2,1-3H3,(H,21,22)/t17-/m0/s1. The van der Waals surface area contributed by atoms with Gasteiger partial charge in [0.2, 0.25) is 5.91 Å². The van der Waals surface area contributed by atoms with E-state index in [0.717, 1.165) is 29.1 Å². The number of aryl methyl sites for hydroxylation is 1. The van der Waals surface area contributed by atoms with Crippen LogP contribution in [0, 0.1) is 5.92 Å². The Labute approximate surface area is 148 Å². The molecule has 5 heteroatoms. The molecule has 0 bridgehead atoms. The first kappa shape index (κ1) is 17.4. The van der Waals surface area contributed by atoms with E-state index in [2.05, 4.69) is 30.2 Å². The number of aromatic nitrogens is 1. The van der Waals surface area contributed by atoms with Crippen LogP contribution < -0.4 is 10.2 Å². The van der Waals surface area contributed by atoms with Crippen LogP contribution in [0.4, 0.5) is 11.5 Å². The molecule has 3 rings (SSSR count). The van der Waals surface area contributed by atoms with Crippen LogP contribution in [-0.2, 0) is 11.2 Å². The molecule has 25 heavy (non-hydrogen) atoms. The Hall–Kier alpha value is -2.40. The maximum absolute atomic E-state index is 11.9. The highest BCUT2D eigenvalue weighted by atomic mass is 16.3. The number of nitrogens with zero attached hydrogens (tertiary/aromatic N) is 2. The third kappa shape index (κ3) is 3.51. The van der Waals surface area contributed by atoms with Crippen molar-refractivity contribution in [3.8, 4) is 11.1 Å². The van der Waals surface area contributed by atoms with Gasteiger partial charge < -0.3 is 15.3 Å². The molecule has 0 spiro atoms. The second kappa shape index (κ2) is 7.23. The second-order valence-corrected chi connectivity index (χ2v) is 6.87. The molecule has 1 aromatic heterocycles. The molecule has 2 N–H and O–H groups in total. The van der Waals surface area contributed by atoms with Crippen molar-refractivity contribution < 1.29 is 9.90 Å². The van der Waals surface area contributed by atoms with Gasteiger partial charge >= 0.3 is 0 Å². The zero-order chi connectivity index (χ0) is 18.0. The topological polar surface area (TPSA) is 65.5 Å². The molecule has 2 aromatic rings. The Balaban J connectivity index is 1.96. The van der Waals surface area contributed by atoms with Gasteiger partial charge in [-0.15, -0.1) is 0 Å². The lowest BCUT2D eigenvalue weighted by Crippen LogP contribution is -2.31. The number of aliphatic hydroxyl groups excluding tert-OH is 1. The van der Waals surface area contributed by atoms with Gasteiger partial charge in [-0.25, -0.2) is 4.98 Å². The number of aliphatic hydroxyl groups is 1. The largest absolute Gasteiger partial charge is 0.394 e. The highest BCUT2D eigenvalue weighted by molar-refractivity contribution is 5.96. The van der Waals surface area contributed by atoms with Gasteiger partial charge in [-0.2, -0.15) is 0 Å². The van der Waals surface area contributed by atoms with E-state index in [-0.39, 0.29) is 18.6 Å². The molecule has 0 radical (unpaired) electrons. The number of hydrogen-bond donors (Lipinski definition) is 2. The summed E-state index contributed by atoms with van der Waals surface area (Å²) in [4.78, 5) is 18.1. The van der Waals surface area contributed by atoms with Crippen LogP contribution in [-0.4, -0.2) is 35.7 Å². The third-order valence-electron chi connectivity index (χ3n) is 4.87. The lowest BCUT2D eigenvalue weighted by atomic mass is 9.96. The van der Waals surface area contributed by atoms with Gasteiger partial charge in [0.15, 0.2) is 0 Å². The van der Waals surface area contributed by atoms with Crippen molar-refractivity contribution in [3.05, 3.63) is 42.1 Å². The minimum Gasteiger partial charge on any atom is -0.394 e. The van der Waals surface area contributed by atoms with Crippen LogP contribution in [0.5, 0.6) is 0 Å². The van der Waals surface area contributed by atoms with E-state index in [1.165, 1.54) is 5.56 Å². The molecule has 0 saturated heterocycles. The van der Waals surface area contributed by atoms with E-state index < -0.39 is 0 Å². The smallest absolute Gasteiger partial charge is 0.227 e. The molecular weight excluding hydrogens is 314 g/mol. The number of rotatable bonds is 5.